The fourth-order valence-electron chi connectivity index (χ4n) is 3.56. The number of benzene rings is 2. The topological polar surface area (TPSA) is 63.2 Å². The van der Waals surface area contributed by atoms with Crippen molar-refractivity contribution in [2.24, 2.45) is 5.16 Å². The summed E-state index contributed by atoms with van der Waals surface area (Å²) >= 11 is 0. The highest BCUT2D eigenvalue weighted by Gasteiger charge is 2.43. The molecule has 0 saturated carbocycles. The number of amides is 1. The first-order valence-corrected chi connectivity index (χ1v) is 9.55. The molecule has 0 aliphatic carbocycles. The lowest BCUT2D eigenvalue weighted by atomic mass is 9.86. The number of piperidine rings is 1. The third kappa shape index (κ3) is 4.56. The minimum absolute atomic E-state index is 0.224. The molecule has 0 radical (unpaired) electrons. The summed E-state index contributed by atoms with van der Waals surface area (Å²) < 4.78 is 37.8. The molecule has 1 fully saturated rings. The van der Waals surface area contributed by atoms with Gasteiger partial charge in [0.05, 0.1) is 11.3 Å². The first-order valence-electron chi connectivity index (χ1n) is 9.55. The Morgan fingerprint density at radius 3 is 2.37 bits per heavy atom. The number of hydrogen-bond acceptors (Lipinski definition) is 5. The van der Waals surface area contributed by atoms with Crippen molar-refractivity contribution in [2.45, 2.75) is 31.0 Å². The lowest BCUT2D eigenvalue weighted by Crippen LogP contribution is -2.45. The van der Waals surface area contributed by atoms with Crippen LogP contribution in [0.3, 0.4) is 0 Å². The average Bonchev–Trinajstić information content (AvgIpc) is 3.14. The van der Waals surface area contributed by atoms with Gasteiger partial charge >= 0.3 is 12.3 Å². The predicted molar refractivity (Wildman–Crippen MR) is 104 cm³/mol. The molecular weight excluding hydrogens is 399 g/mol. The predicted octanol–water partition coefficient (Wildman–Crippen LogP) is 4.83. The van der Waals surface area contributed by atoms with Crippen molar-refractivity contribution < 1.29 is 27.6 Å². The minimum atomic E-state index is -4.42. The highest BCUT2D eigenvalue weighted by Crippen LogP contribution is 2.36. The lowest BCUT2D eigenvalue weighted by Gasteiger charge is -2.35. The largest absolute Gasteiger partial charge is 0.430 e. The van der Waals surface area contributed by atoms with E-state index in [2.05, 4.69) is 10.5 Å². The van der Waals surface area contributed by atoms with Crippen LogP contribution in [0.4, 0.5) is 23.7 Å². The van der Waals surface area contributed by atoms with E-state index in [0.29, 0.717) is 32.4 Å². The number of alkyl halides is 3. The van der Waals surface area contributed by atoms with Crippen molar-refractivity contribution >= 4 is 17.5 Å². The number of hydrogen-bond donors (Lipinski definition) is 1. The molecule has 2 heterocycles. The van der Waals surface area contributed by atoms with Crippen molar-refractivity contribution in [3.05, 3.63) is 65.7 Å². The summed E-state index contributed by atoms with van der Waals surface area (Å²) in [5.41, 5.74) is 0.987. The second-order valence-electron chi connectivity index (χ2n) is 7.36. The summed E-state index contributed by atoms with van der Waals surface area (Å²) in [5.74, 6) is 0. The van der Waals surface area contributed by atoms with Gasteiger partial charge in [-0.15, -0.1) is 5.06 Å². The van der Waals surface area contributed by atoms with Crippen molar-refractivity contribution in [1.82, 2.24) is 5.06 Å². The number of oxime groups is 1. The van der Waals surface area contributed by atoms with Gasteiger partial charge in [0, 0.05) is 38.0 Å². The normalized spacial score (nSPS) is 18.6. The zero-order valence-electron chi connectivity index (χ0n) is 16.0. The molecule has 9 heteroatoms. The molecule has 0 bridgehead atoms. The highest BCUT2D eigenvalue weighted by molar-refractivity contribution is 6.01. The first-order chi connectivity index (χ1) is 14.3. The van der Waals surface area contributed by atoms with Gasteiger partial charge in [-0.25, -0.2) is 4.79 Å². The van der Waals surface area contributed by atoms with Crippen LogP contribution in [-0.2, 0) is 15.9 Å². The SMILES string of the molecule is O=C(Nc1ccc(C(F)(F)F)cc1)ON1CCC2(CC1)CC(c1ccccc1)=NO2. The monoisotopic (exact) mass is 419 g/mol. The van der Waals surface area contributed by atoms with Gasteiger partial charge in [-0.05, 0) is 29.8 Å². The molecule has 1 amide bonds. The number of carbonyl (C=O) groups is 1. The molecule has 1 saturated heterocycles. The van der Waals surface area contributed by atoms with Gasteiger partial charge in [-0.1, -0.05) is 35.5 Å². The molecule has 0 unspecified atom stereocenters. The van der Waals surface area contributed by atoms with Gasteiger partial charge in [0.25, 0.3) is 0 Å². The van der Waals surface area contributed by atoms with E-state index in [9.17, 15) is 18.0 Å². The van der Waals surface area contributed by atoms with Gasteiger partial charge < -0.3 is 9.68 Å². The fraction of sp³-hybridized carbons (Fsp3) is 0.333. The molecule has 158 valence electrons. The van der Waals surface area contributed by atoms with Crippen molar-refractivity contribution in [3.8, 4) is 0 Å². The number of rotatable bonds is 3. The Labute approximate surface area is 171 Å². The number of nitrogens with one attached hydrogen (secondary N) is 1. The molecular formula is C21H20F3N3O3. The number of anilines is 1. The maximum atomic E-state index is 12.6. The Kier molecular flexibility index (Phi) is 5.38. The number of carbonyl (C=O) groups excluding carboxylic acids is 1. The van der Waals surface area contributed by atoms with Gasteiger partial charge in [0.15, 0.2) is 0 Å². The van der Waals surface area contributed by atoms with E-state index < -0.39 is 23.4 Å². The number of nitrogens with zero attached hydrogens (tertiary/aromatic N) is 2. The van der Waals surface area contributed by atoms with Crippen LogP contribution in [0.1, 0.15) is 30.4 Å². The van der Waals surface area contributed by atoms with Gasteiger partial charge in [0.1, 0.15) is 5.60 Å². The van der Waals surface area contributed by atoms with Gasteiger partial charge in [-0.2, -0.15) is 13.2 Å². The van der Waals surface area contributed by atoms with Crippen molar-refractivity contribution in [2.75, 3.05) is 18.4 Å². The third-order valence-corrected chi connectivity index (χ3v) is 5.25. The molecule has 0 atom stereocenters. The Morgan fingerprint density at radius 1 is 1.07 bits per heavy atom. The Balaban J connectivity index is 1.26. The maximum Gasteiger partial charge on any atom is 0.430 e. The van der Waals surface area contributed by atoms with Crippen LogP contribution >= 0.6 is 0 Å². The quantitative estimate of drug-likeness (QED) is 0.774. The smallest absolute Gasteiger partial charge is 0.388 e. The van der Waals surface area contributed by atoms with Gasteiger partial charge in [0.2, 0.25) is 0 Å². The van der Waals surface area contributed by atoms with Crippen LogP contribution < -0.4 is 5.32 Å². The van der Waals surface area contributed by atoms with Crippen LogP contribution in [0.15, 0.2) is 59.8 Å². The summed E-state index contributed by atoms with van der Waals surface area (Å²) in [6.45, 7) is 0.941. The highest BCUT2D eigenvalue weighted by atomic mass is 19.4. The van der Waals surface area contributed by atoms with Crippen molar-refractivity contribution in [3.63, 3.8) is 0 Å². The zero-order chi connectivity index (χ0) is 21.2. The summed E-state index contributed by atoms with van der Waals surface area (Å²) in [7, 11) is 0. The molecule has 2 aliphatic heterocycles. The zero-order valence-corrected chi connectivity index (χ0v) is 16.0. The third-order valence-electron chi connectivity index (χ3n) is 5.25. The van der Waals surface area contributed by atoms with E-state index in [4.69, 9.17) is 9.68 Å². The van der Waals surface area contributed by atoms with E-state index in [1.165, 1.54) is 17.2 Å². The molecule has 1 N–H and O–H groups in total. The maximum absolute atomic E-state index is 12.6. The molecule has 0 aromatic heterocycles. The Bertz CT molecular complexity index is 922. The first kappa shape index (κ1) is 20.2. The fourth-order valence-corrected chi connectivity index (χ4v) is 3.56. The molecule has 2 aromatic carbocycles. The molecule has 1 spiro atoms. The molecule has 30 heavy (non-hydrogen) atoms. The molecule has 2 aliphatic rings. The van der Waals surface area contributed by atoms with E-state index in [1.54, 1.807) is 0 Å². The van der Waals surface area contributed by atoms with Crippen molar-refractivity contribution in [1.29, 1.82) is 0 Å². The van der Waals surface area contributed by atoms with Crippen LogP contribution in [0.2, 0.25) is 0 Å². The van der Waals surface area contributed by atoms with E-state index in [1.807, 2.05) is 30.3 Å². The summed E-state index contributed by atoms with van der Waals surface area (Å²) in [4.78, 5) is 23.1. The van der Waals surface area contributed by atoms with E-state index >= 15 is 0 Å². The summed E-state index contributed by atoms with van der Waals surface area (Å²) in [6.07, 6.45) is -3.20. The van der Waals surface area contributed by atoms with Crippen LogP contribution in [0.5, 0.6) is 0 Å². The second-order valence-corrected chi connectivity index (χ2v) is 7.36. The van der Waals surface area contributed by atoms with Crippen LogP contribution in [0, 0.1) is 0 Å². The Hall–Kier alpha value is -3.07. The number of hydroxylamine groups is 2. The van der Waals surface area contributed by atoms with E-state index in [-0.39, 0.29) is 5.69 Å². The Morgan fingerprint density at radius 2 is 1.73 bits per heavy atom. The van der Waals surface area contributed by atoms with Gasteiger partial charge in [-0.3, -0.25) is 5.32 Å². The number of halogens is 3. The summed E-state index contributed by atoms with van der Waals surface area (Å²) in [6, 6.07) is 14.0. The molecule has 2 aromatic rings. The lowest BCUT2D eigenvalue weighted by molar-refractivity contribution is -0.154. The second kappa shape index (κ2) is 7.98. The van der Waals surface area contributed by atoms with Crippen LogP contribution in [-0.4, -0.2) is 35.6 Å². The minimum Gasteiger partial charge on any atom is -0.388 e. The molecule has 6 nitrogen and oxygen atoms in total. The summed E-state index contributed by atoms with van der Waals surface area (Å²) in [5, 5.41) is 8.20. The standard InChI is InChI=1S/C21H20F3N3O3/c22-21(23,24)16-6-8-17(9-7-16)25-19(28)29-27-12-10-20(11-13-27)14-18(26-30-20)15-4-2-1-3-5-15/h1-9H,10-14H2,(H,25,28). The van der Waals surface area contributed by atoms with Crippen LogP contribution in [0.25, 0.3) is 0 Å². The van der Waals surface area contributed by atoms with E-state index in [0.717, 1.165) is 23.4 Å². The molecule has 4 rings (SSSR count). The average molecular weight is 419 g/mol.